The van der Waals surface area contributed by atoms with Gasteiger partial charge in [0.1, 0.15) is 11.2 Å². The van der Waals surface area contributed by atoms with Gasteiger partial charge in [-0.15, -0.1) is 11.3 Å². The Morgan fingerprint density at radius 2 is 1.18 bits per heavy atom. The Kier molecular flexibility index (Phi) is 8.51. The molecular weight excluding hydrogens is 777 g/mol. The summed E-state index contributed by atoms with van der Waals surface area (Å²) in [5.74, 6) is 2.38. The maximum atomic E-state index is 6.16. The minimum atomic E-state index is 0.100. The van der Waals surface area contributed by atoms with E-state index in [1.807, 2.05) is 60.7 Å². The van der Waals surface area contributed by atoms with Gasteiger partial charge >= 0.3 is 0 Å². The molecule has 4 heterocycles. The van der Waals surface area contributed by atoms with Crippen molar-refractivity contribution in [2.45, 2.75) is 32.1 Å². The van der Waals surface area contributed by atoms with Crippen LogP contribution in [0.25, 0.3) is 110 Å². The van der Waals surface area contributed by atoms with E-state index in [4.69, 9.17) is 24.4 Å². The molecule has 2 atom stereocenters. The molecule has 0 radical (unpaired) electrons. The number of nitrogens with zero attached hydrogens (tertiary/aromatic N) is 4. The van der Waals surface area contributed by atoms with Crippen molar-refractivity contribution in [1.82, 2.24) is 19.9 Å². The van der Waals surface area contributed by atoms with Crippen LogP contribution in [-0.2, 0) is 5.41 Å². The van der Waals surface area contributed by atoms with Gasteiger partial charge in [-0.2, -0.15) is 0 Å². The normalized spacial score (nSPS) is 16.6. The van der Waals surface area contributed by atoms with Crippen molar-refractivity contribution in [3.05, 3.63) is 182 Å². The molecule has 0 bridgehead atoms. The highest BCUT2D eigenvalue weighted by Crippen LogP contribution is 2.45. The number of para-hydroxylation sites is 1. The Morgan fingerprint density at radius 1 is 0.516 bits per heavy atom. The SMILES string of the molecule is CC1CC=CCC1(C)c1cccc(-c2ccc3c(c2)nc(-c2cccc(-c4nc(-c5ccccc5)nc(-c5ccc6oc7ccccc7c6c5)n4)c2)c2sc4ccccc4c23)c1. The molecule has 5 nitrogen and oxygen atoms in total. The van der Waals surface area contributed by atoms with Crippen LogP contribution in [0.1, 0.15) is 32.3 Å². The minimum Gasteiger partial charge on any atom is -0.456 e. The monoisotopic (exact) mass is 816 g/mol. The van der Waals surface area contributed by atoms with Crippen LogP contribution >= 0.6 is 11.3 Å². The molecule has 0 saturated carbocycles. The summed E-state index contributed by atoms with van der Waals surface area (Å²) in [7, 11) is 0. The summed E-state index contributed by atoms with van der Waals surface area (Å²) < 4.78 is 8.57. The van der Waals surface area contributed by atoms with Crippen LogP contribution in [0.2, 0.25) is 0 Å². The molecular formula is C56H40N4OS. The van der Waals surface area contributed by atoms with Crippen molar-refractivity contribution in [3.63, 3.8) is 0 Å². The molecule has 1 aliphatic rings. The molecule has 11 aromatic rings. The summed E-state index contributed by atoms with van der Waals surface area (Å²) in [4.78, 5) is 20.9. The van der Waals surface area contributed by atoms with E-state index in [0.717, 1.165) is 73.6 Å². The number of furan rings is 1. The molecule has 1 aliphatic carbocycles. The highest BCUT2D eigenvalue weighted by atomic mass is 32.1. The van der Waals surface area contributed by atoms with Crippen LogP contribution in [0, 0.1) is 5.92 Å². The first kappa shape index (κ1) is 36.6. The van der Waals surface area contributed by atoms with Crippen molar-refractivity contribution in [1.29, 1.82) is 0 Å². The van der Waals surface area contributed by atoms with Gasteiger partial charge in [-0.1, -0.05) is 147 Å². The fourth-order valence-corrected chi connectivity index (χ4v) is 10.7. The molecule has 62 heavy (non-hydrogen) atoms. The second-order valence-corrected chi connectivity index (χ2v) is 17.9. The molecule has 2 unspecified atom stereocenters. The number of rotatable bonds is 6. The third kappa shape index (κ3) is 6.05. The minimum absolute atomic E-state index is 0.100. The zero-order valence-electron chi connectivity index (χ0n) is 34.3. The van der Waals surface area contributed by atoms with Gasteiger partial charge in [0.05, 0.1) is 15.9 Å². The lowest BCUT2D eigenvalue weighted by molar-refractivity contribution is 0.306. The fourth-order valence-electron chi connectivity index (χ4n) is 9.43. The number of benzene rings is 7. The Labute approximate surface area is 363 Å². The average Bonchev–Trinajstić information content (AvgIpc) is 3.91. The van der Waals surface area contributed by atoms with Gasteiger partial charge in [0.25, 0.3) is 0 Å². The van der Waals surface area contributed by atoms with Gasteiger partial charge in [-0.25, -0.2) is 19.9 Å². The lowest BCUT2D eigenvalue weighted by Gasteiger charge is -2.38. The van der Waals surface area contributed by atoms with Crippen molar-refractivity contribution >= 4 is 64.4 Å². The van der Waals surface area contributed by atoms with Gasteiger partial charge in [0.15, 0.2) is 17.5 Å². The third-order valence-corrected chi connectivity index (χ3v) is 14.3. The van der Waals surface area contributed by atoms with E-state index in [-0.39, 0.29) is 5.41 Å². The predicted molar refractivity (Wildman–Crippen MR) is 257 cm³/mol. The molecule has 0 spiro atoms. The Bertz CT molecular complexity index is 3590. The lowest BCUT2D eigenvalue weighted by atomic mass is 9.66. The van der Waals surface area contributed by atoms with E-state index in [1.165, 1.54) is 36.9 Å². The van der Waals surface area contributed by atoms with Crippen molar-refractivity contribution in [2.75, 3.05) is 0 Å². The van der Waals surface area contributed by atoms with Crippen molar-refractivity contribution in [3.8, 4) is 56.5 Å². The first-order chi connectivity index (χ1) is 30.5. The molecule has 4 aromatic heterocycles. The summed E-state index contributed by atoms with van der Waals surface area (Å²) in [6.07, 6.45) is 6.85. The second-order valence-electron chi connectivity index (χ2n) is 16.9. The maximum Gasteiger partial charge on any atom is 0.164 e. The molecule has 0 saturated heterocycles. The quantitative estimate of drug-likeness (QED) is 0.156. The first-order valence-corrected chi connectivity index (χ1v) is 22.1. The number of fused-ring (bicyclic) bond motifs is 8. The number of pyridine rings is 1. The molecule has 0 fully saturated rings. The van der Waals surface area contributed by atoms with Crippen LogP contribution in [-0.4, -0.2) is 19.9 Å². The zero-order valence-corrected chi connectivity index (χ0v) is 35.2. The summed E-state index contributed by atoms with van der Waals surface area (Å²) in [5.41, 5.74) is 11.2. The Hall–Kier alpha value is -7.28. The number of allylic oxidation sites excluding steroid dienone is 2. The van der Waals surface area contributed by atoms with Crippen molar-refractivity contribution in [2.24, 2.45) is 5.92 Å². The van der Waals surface area contributed by atoms with Crippen LogP contribution < -0.4 is 0 Å². The van der Waals surface area contributed by atoms with E-state index in [1.54, 1.807) is 11.3 Å². The molecule has 0 amide bonds. The second kappa shape index (κ2) is 14.4. The van der Waals surface area contributed by atoms with Gasteiger partial charge in [-0.3, -0.25) is 0 Å². The summed E-state index contributed by atoms with van der Waals surface area (Å²) in [6.45, 7) is 4.80. The van der Waals surface area contributed by atoms with E-state index in [9.17, 15) is 0 Å². The van der Waals surface area contributed by atoms with Crippen molar-refractivity contribution < 1.29 is 4.42 Å². The van der Waals surface area contributed by atoms with Crippen LogP contribution in [0.4, 0.5) is 0 Å². The fraction of sp³-hybridized carbons (Fsp3) is 0.107. The van der Waals surface area contributed by atoms with Gasteiger partial charge in [0, 0.05) is 53.9 Å². The molecule has 0 aliphatic heterocycles. The van der Waals surface area contributed by atoms with Gasteiger partial charge < -0.3 is 4.42 Å². The summed E-state index contributed by atoms with van der Waals surface area (Å²) in [5, 5.41) is 5.73. The Morgan fingerprint density at radius 3 is 2.03 bits per heavy atom. The molecule has 296 valence electrons. The van der Waals surface area contributed by atoms with Crippen LogP contribution in [0.5, 0.6) is 0 Å². The van der Waals surface area contributed by atoms with Crippen LogP contribution in [0.3, 0.4) is 0 Å². The van der Waals surface area contributed by atoms with E-state index in [0.29, 0.717) is 23.4 Å². The lowest BCUT2D eigenvalue weighted by Crippen LogP contribution is -2.31. The van der Waals surface area contributed by atoms with Gasteiger partial charge in [-0.05, 0) is 83.3 Å². The van der Waals surface area contributed by atoms with E-state index in [2.05, 4.69) is 129 Å². The number of hydrogen-bond acceptors (Lipinski definition) is 6. The maximum absolute atomic E-state index is 6.16. The summed E-state index contributed by atoms with van der Waals surface area (Å²) >= 11 is 1.80. The smallest absolute Gasteiger partial charge is 0.164 e. The molecule has 12 rings (SSSR count). The highest BCUT2D eigenvalue weighted by molar-refractivity contribution is 7.26. The Balaban J connectivity index is 1.02. The largest absolute Gasteiger partial charge is 0.456 e. The highest BCUT2D eigenvalue weighted by Gasteiger charge is 2.33. The van der Waals surface area contributed by atoms with Gasteiger partial charge in [0.2, 0.25) is 0 Å². The molecule has 0 N–H and O–H groups in total. The third-order valence-electron chi connectivity index (χ3n) is 13.1. The average molecular weight is 817 g/mol. The first-order valence-electron chi connectivity index (χ1n) is 21.3. The van der Waals surface area contributed by atoms with E-state index >= 15 is 0 Å². The topological polar surface area (TPSA) is 64.7 Å². The van der Waals surface area contributed by atoms with E-state index < -0.39 is 0 Å². The molecule has 7 aromatic carbocycles. The summed E-state index contributed by atoms with van der Waals surface area (Å²) in [6, 6.07) is 57.7. The number of thiophene rings is 1. The number of aromatic nitrogens is 4. The molecule has 6 heteroatoms. The number of hydrogen-bond donors (Lipinski definition) is 0. The standard InChI is InChI=1S/C56H40N4OS/c1-34-14-10-11-29-56(34,2)41-20-13-17-36(31-41)37-25-27-43-46(33-37)57-51(52-50(43)44-22-7-9-24-49(44)62-52)38-18-12-19-39(30-38)54-58-53(35-15-4-3-5-16-35)59-55(60-54)40-26-28-48-45(32-40)42-21-6-8-23-47(42)61-48/h3-13,15-28,30-34H,14,29H2,1-2H3. The predicted octanol–water partition coefficient (Wildman–Crippen LogP) is 15.3. The van der Waals surface area contributed by atoms with Crippen LogP contribution in [0.15, 0.2) is 180 Å². The zero-order chi connectivity index (χ0) is 41.4.